The molecule has 3 nitrogen and oxygen atoms in total. The fourth-order valence-electron chi connectivity index (χ4n) is 2.35. The van der Waals surface area contributed by atoms with Crippen LogP contribution in [0.25, 0.3) is 0 Å². The quantitative estimate of drug-likeness (QED) is 0.778. The van der Waals surface area contributed by atoms with Crippen LogP contribution in [-0.4, -0.2) is 26.2 Å². The second-order valence-corrected chi connectivity index (χ2v) is 4.94. The Kier molecular flexibility index (Phi) is 2.37. The first-order valence-electron chi connectivity index (χ1n) is 6.13. The number of benzene rings is 1. The Bertz CT molecular complexity index is 361. The Morgan fingerprint density at radius 3 is 2.25 bits per heavy atom. The van der Waals surface area contributed by atoms with Gasteiger partial charge in [0.2, 0.25) is 0 Å². The second-order valence-electron chi connectivity index (χ2n) is 4.94. The molecule has 1 aliphatic carbocycles. The molecule has 3 rings (SSSR count). The SMILES string of the molecule is NC1(c2ccc(N3CCNCC3)cc2)CC1. The molecule has 0 bridgehead atoms. The Labute approximate surface area is 96.6 Å². The van der Waals surface area contributed by atoms with E-state index >= 15 is 0 Å². The molecule has 0 atom stereocenters. The number of nitrogens with one attached hydrogen (secondary N) is 1. The van der Waals surface area contributed by atoms with Gasteiger partial charge < -0.3 is 16.0 Å². The van der Waals surface area contributed by atoms with Crippen LogP contribution < -0.4 is 16.0 Å². The van der Waals surface area contributed by atoms with Gasteiger partial charge in [0, 0.05) is 37.4 Å². The maximum Gasteiger partial charge on any atom is 0.0411 e. The topological polar surface area (TPSA) is 41.3 Å². The summed E-state index contributed by atoms with van der Waals surface area (Å²) in [6, 6.07) is 8.83. The van der Waals surface area contributed by atoms with Crippen LogP contribution in [0.15, 0.2) is 24.3 Å². The van der Waals surface area contributed by atoms with Crippen LogP contribution in [0, 0.1) is 0 Å². The van der Waals surface area contributed by atoms with Gasteiger partial charge in [-0.1, -0.05) is 12.1 Å². The van der Waals surface area contributed by atoms with Crippen molar-refractivity contribution in [1.29, 1.82) is 0 Å². The number of hydrogen-bond acceptors (Lipinski definition) is 3. The Balaban J connectivity index is 1.76. The molecular formula is C13H19N3. The maximum atomic E-state index is 6.17. The minimum absolute atomic E-state index is 0.00197. The van der Waals surface area contributed by atoms with E-state index in [2.05, 4.69) is 34.5 Å². The molecule has 16 heavy (non-hydrogen) atoms. The molecule has 0 amide bonds. The van der Waals surface area contributed by atoms with Crippen molar-refractivity contribution < 1.29 is 0 Å². The number of hydrogen-bond donors (Lipinski definition) is 2. The third-order valence-electron chi connectivity index (χ3n) is 3.71. The molecule has 1 saturated heterocycles. The highest BCUT2D eigenvalue weighted by Gasteiger charge is 2.39. The van der Waals surface area contributed by atoms with E-state index in [1.165, 1.54) is 11.3 Å². The smallest absolute Gasteiger partial charge is 0.0411 e. The van der Waals surface area contributed by atoms with Crippen molar-refractivity contribution in [3.05, 3.63) is 29.8 Å². The molecule has 1 aromatic rings. The molecular weight excluding hydrogens is 198 g/mol. The molecule has 3 N–H and O–H groups in total. The zero-order valence-corrected chi connectivity index (χ0v) is 9.58. The summed E-state index contributed by atoms with van der Waals surface area (Å²) in [5, 5.41) is 3.37. The number of nitrogens with two attached hydrogens (primary N) is 1. The van der Waals surface area contributed by atoms with Gasteiger partial charge in [-0.2, -0.15) is 0 Å². The summed E-state index contributed by atoms with van der Waals surface area (Å²) in [7, 11) is 0. The van der Waals surface area contributed by atoms with Crippen LogP contribution in [0.5, 0.6) is 0 Å². The second kappa shape index (κ2) is 3.75. The molecule has 0 unspecified atom stereocenters. The fourth-order valence-corrected chi connectivity index (χ4v) is 2.35. The zero-order valence-electron chi connectivity index (χ0n) is 9.58. The molecule has 1 heterocycles. The van der Waals surface area contributed by atoms with Crippen molar-refractivity contribution >= 4 is 5.69 Å². The third-order valence-corrected chi connectivity index (χ3v) is 3.71. The van der Waals surface area contributed by atoms with Crippen molar-refractivity contribution in [2.75, 3.05) is 31.1 Å². The van der Waals surface area contributed by atoms with E-state index in [1.807, 2.05) is 0 Å². The maximum absolute atomic E-state index is 6.17. The van der Waals surface area contributed by atoms with Crippen molar-refractivity contribution in [2.45, 2.75) is 18.4 Å². The van der Waals surface area contributed by atoms with Crippen LogP contribution in [0.1, 0.15) is 18.4 Å². The van der Waals surface area contributed by atoms with E-state index in [1.54, 1.807) is 0 Å². The Hall–Kier alpha value is -1.06. The van der Waals surface area contributed by atoms with E-state index < -0.39 is 0 Å². The van der Waals surface area contributed by atoms with Gasteiger partial charge in [-0.15, -0.1) is 0 Å². The summed E-state index contributed by atoms with van der Waals surface area (Å²) in [6.45, 7) is 4.38. The van der Waals surface area contributed by atoms with E-state index in [9.17, 15) is 0 Å². The van der Waals surface area contributed by atoms with Gasteiger partial charge in [0.1, 0.15) is 0 Å². The first kappa shape index (κ1) is 10.1. The number of nitrogens with zero attached hydrogens (tertiary/aromatic N) is 1. The van der Waals surface area contributed by atoms with Crippen molar-refractivity contribution in [3.63, 3.8) is 0 Å². The molecule has 1 aliphatic heterocycles. The summed E-state index contributed by atoms with van der Waals surface area (Å²) < 4.78 is 0. The van der Waals surface area contributed by atoms with Crippen molar-refractivity contribution in [1.82, 2.24) is 5.32 Å². The number of anilines is 1. The Morgan fingerprint density at radius 1 is 1.06 bits per heavy atom. The average Bonchev–Trinajstić information content (AvgIpc) is 3.10. The predicted molar refractivity (Wildman–Crippen MR) is 66.6 cm³/mol. The molecule has 1 saturated carbocycles. The zero-order chi connectivity index (χ0) is 11.0. The monoisotopic (exact) mass is 217 g/mol. The van der Waals surface area contributed by atoms with E-state index in [4.69, 9.17) is 5.73 Å². The third kappa shape index (κ3) is 1.81. The summed E-state index contributed by atoms with van der Waals surface area (Å²) in [4.78, 5) is 2.43. The normalized spacial score (nSPS) is 23.2. The van der Waals surface area contributed by atoms with E-state index in [-0.39, 0.29) is 5.54 Å². The van der Waals surface area contributed by atoms with Gasteiger partial charge in [0.05, 0.1) is 0 Å². The molecule has 0 radical (unpaired) electrons. The van der Waals surface area contributed by atoms with Crippen LogP contribution >= 0.6 is 0 Å². The lowest BCUT2D eigenvalue weighted by Gasteiger charge is -2.29. The minimum atomic E-state index is 0.00197. The molecule has 86 valence electrons. The summed E-state index contributed by atoms with van der Waals surface area (Å²) in [5.74, 6) is 0. The summed E-state index contributed by atoms with van der Waals surface area (Å²) in [6.07, 6.45) is 2.28. The fraction of sp³-hybridized carbons (Fsp3) is 0.538. The Morgan fingerprint density at radius 2 is 1.69 bits per heavy atom. The summed E-state index contributed by atoms with van der Waals surface area (Å²) >= 11 is 0. The van der Waals surface area contributed by atoms with Gasteiger partial charge in [0.25, 0.3) is 0 Å². The highest BCUT2D eigenvalue weighted by molar-refractivity contribution is 5.49. The average molecular weight is 217 g/mol. The molecule has 2 aliphatic rings. The molecule has 2 fully saturated rings. The van der Waals surface area contributed by atoms with Crippen LogP contribution in [-0.2, 0) is 5.54 Å². The minimum Gasteiger partial charge on any atom is -0.369 e. The summed E-state index contributed by atoms with van der Waals surface area (Å²) in [5.41, 5.74) is 8.80. The van der Waals surface area contributed by atoms with Crippen LogP contribution in [0.2, 0.25) is 0 Å². The highest BCUT2D eigenvalue weighted by Crippen LogP contribution is 2.42. The van der Waals surface area contributed by atoms with Gasteiger partial charge in [0.15, 0.2) is 0 Å². The van der Waals surface area contributed by atoms with Crippen LogP contribution in [0.4, 0.5) is 5.69 Å². The molecule has 3 heteroatoms. The number of rotatable bonds is 2. The van der Waals surface area contributed by atoms with Gasteiger partial charge >= 0.3 is 0 Å². The van der Waals surface area contributed by atoms with Gasteiger partial charge in [-0.3, -0.25) is 0 Å². The van der Waals surface area contributed by atoms with Gasteiger partial charge in [-0.05, 0) is 30.5 Å². The lowest BCUT2D eigenvalue weighted by molar-refractivity contribution is 0.589. The van der Waals surface area contributed by atoms with Crippen molar-refractivity contribution in [2.24, 2.45) is 5.73 Å². The lowest BCUT2D eigenvalue weighted by atomic mass is 10.1. The van der Waals surface area contributed by atoms with E-state index in [0.717, 1.165) is 39.0 Å². The standard InChI is InChI=1S/C13H19N3/c14-13(5-6-13)11-1-3-12(4-2-11)16-9-7-15-8-10-16/h1-4,15H,5-10,14H2. The molecule has 0 aromatic heterocycles. The lowest BCUT2D eigenvalue weighted by Crippen LogP contribution is -2.43. The molecule has 0 spiro atoms. The number of piperazine rings is 1. The van der Waals surface area contributed by atoms with Gasteiger partial charge in [-0.25, -0.2) is 0 Å². The van der Waals surface area contributed by atoms with Crippen LogP contribution in [0.3, 0.4) is 0 Å². The first-order chi connectivity index (χ1) is 7.78. The van der Waals surface area contributed by atoms with Crippen molar-refractivity contribution in [3.8, 4) is 0 Å². The first-order valence-corrected chi connectivity index (χ1v) is 6.13. The highest BCUT2D eigenvalue weighted by atomic mass is 15.2. The molecule has 1 aromatic carbocycles. The largest absolute Gasteiger partial charge is 0.369 e. The predicted octanol–water partition coefficient (Wildman–Crippen LogP) is 1.04. The van der Waals surface area contributed by atoms with E-state index in [0.29, 0.717) is 0 Å².